The van der Waals surface area contributed by atoms with Crippen molar-refractivity contribution in [1.82, 2.24) is 4.90 Å². The molecule has 1 saturated heterocycles. The molecule has 0 radical (unpaired) electrons. The molecule has 1 fully saturated rings. The van der Waals surface area contributed by atoms with Gasteiger partial charge in [-0.2, -0.15) is 0 Å². The van der Waals surface area contributed by atoms with E-state index in [1.807, 2.05) is 4.90 Å². The predicted octanol–water partition coefficient (Wildman–Crippen LogP) is 1.33. The lowest BCUT2D eigenvalue weighted by molar-refractivity contribution is -0.145. The molecule has 0 aromatic heterocycles. The highest BCUT2D eigenvalue weighted by molar-refractivity contribution is 5.73. The minimum Gasteiger partial charge on any atom is -0.480 e. The van der Waals surface area contributed by atoms with Crippen LogP contribution in [0.4, 0.5) is 0 Å². The Hall–Kier alpha value is -0.610. The van der Waals surface area contributed by atoms with Crippen molar-refractivity contribution in [2.75, 3.05) is 13.1 Å². The van der Waals surface area contributed by atoms with Gasteiger partial charge < -0.3 is 10.2 Å². The molecule has 4 nitrogen and oxygen atoms in total. The molecule has 0 spiro atoms. The van der Waals surface area contributed by atoms with E-state index in [9.17, 15) is 9.90 Å². The molecule has 0 bridgehead atoms. The van der Waals surface area contributed by atoms with Crippen LogP contribution in [-0.2, 0) is 4.79 Å². The number of carbonyl (C=O) groups is 1. The Morgan fingerprint density at radius 1 is 1.50 bits per heavy atom. The first kappa shape index (κ1) is 13.5. The van der Waals surface area contributed by atoms with Crippen LogP contribution in [0.3, 0.4) is 0 Å². The minimum absolute atomic E-state index is 0.369. The lowest BCUT2D eigenvalue weighted by atomic mass is 9.91. The van der Waals surface area contributed by atoms with Crippen LogP contribution in [0.1, 0.15) is 40.0 Å². The molecule has 0 aliphatic carbocycles. The van der Waals surface area contributed by atoms with Crippen molar-refractivity contribution < 1.29 is 15.0 Å². The lowest BCUT2D eigenvalue weighted by Gasteiger charge is -2.37. The highest BCUT2D eigenvalue weighted by atomic mass is 16.4. The molecule has 2 unspecified atom stereocenters. The molecule has 0 aromatic carbocycles. The van der Waals surface area contributed by atoms with Gasteiger partial charge in [0.1, 0.15) is 6.04 Å². The van der Waals surface area contributed by atoms with Gasteiger partial charge in [0, 0.05) is 6.54 Å². The molecule has 0 aromatic rings. The zero-order valence-corrected chi connectivity index (χ0v) is 10.4. The molecule has 2 N–H and O–H groups in total. The van der Waals surface area contributed by atoms with E-state index in [0.717, 1.165) is 19.4 Å². The fourth-order valence-corrected chi connectivity index (χ4v) is 2.13. The number of likely N-dealkylation sites (tertiary alicyclic amines) is 1. The van der Waals surface area contributed by atoms with Crippen molar-refractivity contribution in [3.8, 4) is 0 Å². The summed E-state index contributed by atoms with van der Waals surface area (Å²) in [5.74, 6) is -0.248. The molecular weight excluding hydrogens is 206 g/mol. The van der Waals surface area contributed by atoms with Crippen molar-refractivity contribution in [2.24, 2.45) is 5.92 Å². The summed E-state index contributed by atoms with van der Waals surface area (Å²) in [5.41, 5.74) is -0.716. The quantitative estimate of drug-likeness (QED) is 0.763. The smallest absolute Gasteiger partial charge is 0.320 e. The normalized spacial score (nSPS) is 28.0. The second-order valence-corrected chi connectivity index (χ2v) is 5.58. The fourth-order valence-electron chi connectivity index (χ4n) is 2.13. The van der Waals surface area contributed by atoms with Gasteiger partial charge in [-0.1, -0.05) is 6.92 Å². The monoisotopic (exact) mass is 229 g/mol. The Morgan fingerprint density at radius 3 is 2.62 bits per heavy atom. The van der Waals surface area contributed by atoms with E-state index in [4.69, 9.17) is 5.11 Å². The van der Waals surface area contributed by atoms with Crippen molar-refractivity contribution in [3.05, 3.63) is 0 Å². The third-order valence-electron chi connectivity index (χ3n) is 3.27. The summed E-state index contributed by atoms with van der Waals surface area (Å²) in [7, 11) is 0. The van der Waals surface area contributed by atoms with Crippen LogP contribution >= 0.6 is 0 Å². The van der Waals surface area contributed by atoms with E-state index in [2.05, 4.69) is 6.92 Å². The largest absolute Gasteiger partial charge is 0.480 e. The highest BCUT2D eigenvalue weighted by Crippen LogP contribution is 2.23. The maximum atomic E-state index is 11.1. The van der Waals surface area contributed by atoms with E-state index >= 15 is 0 Å². The fraction of sp³-hybridized carbons (Fsp3) is 0.917. The van der Waals surface area contributed by atoms with Gasteiger partial charge in [0.25, 0.3) is 0 Å². The third-order valence-corrected chi connectivity index (χ3v) is 3.27. The number of aliphatic carboxylic acids is 1. The zero-order chi connectivity index (χ0) is 12.3. The molecule has 16 heavy (non-hydrogen) atoms. The Labute approximate surface area is 97.3 Å². The van der Waals surface area contributed by atoms with Crippen molar-refractivity contribution in [1.29, 1.82) is 0 Å². The molecule has 1 aliphatic heterocycles. The predicted molar refractivity (Wildman–Crippen MR) is 62.3 cm³/mol. The molecule has 2 atom stereocenters. The number of nitrogens with zero attached hydrogens (tertiary/aromatic N) is 1. The van der Waals surface area contributed by atoms with Crippen molar-refractivity contribution in [2.45, 2.75) is 51.7 Å². The van der Waals surface area contributed by atoms with Gasteiger partial charge in [-0.15, -0.1) is 0 Å². The van der Waals surface area contributed by atoms with E-state index in [1.165, 1.54) is 0 Å². The Kier molecular flexibility index (Phi) is 4.33. The summed E-state index contributed by atoms with van der Waals surface area (Å²) < 4.78 is 0. The molecule has 0 saturated carbocycles. The van der Waals surface area contributed by atoms with Gasteiger partial charge in [0.2, 0.25) is 0 Å². The van der Waals surface area contributed by atoms with Gasteiger partial charge in [0.05, 0.1) is 5.60 Å². The number of aliphatic hydroxyl groups is 1. The van der Waals surface area contributed by atoms with Gasteiger partial charge in [-0.25, -0.2) is 0 Å². The van der Waals surface area contributed by atoms with Gasteiger partial charge in [0.15, 0.2) is 0 Å². The van der Waals surface area contributed by atoms with Crippen LogP contribution in [0, 0.1) is 5.92 Å². The SMILES string of the molecule is CC1CCN(CCC(C)(C)O)C(C(=O)O)C1. The van der Waals surface area contributed by atoms with Crippen LogP contribution in [0.15, 0.2) is 0 Å². The summed E-state index contributed by atoms with van der Waals surface area (Å²) in [6.45, 7) is 7.11. The summed E-state index contributed by atoms with van der Waals surface area (Å²) in [5, 5.41) is 18.8. The topological polar surface area (TPSA) is 60.8 Å². The molecule has 4 heteroatoms. The summed E-state index contributed by atoms with van der Waals surface area (Å²) in [6.07, 6.45) is 2.39. The summed E-state index contributed by atoms with van der Waals surface area (Å²) >= 11 is 0. The van der Waals surface area contributed by atoms with Crippen molar-refractivity contribution >= 4 is 5.97 Å². The number of carboxylic acids is 1. The van der Waals surface area contributed by atoms with Gasteiger partial charge in [-0.05, 0) is 45.6 Å². The van der Waals surface area contributed by atoms with Crippen molar-refractivity contribution in [3.63, 3.8) is 0 Å². The van der Waals surface area contributed by atoms with E-state index in [1.54, 1.807) is 13.8 Å². The number of carboxylic acid groups (broad SMARTS) is 1. The Balaban J connectivity index is 2.53. The second kappa shape index (κ2) is 5.15. The first-order valence-corrected chi connectivity index (χ1v) is 5.99. The molecular formula is C12H23NO3. The van der Waals surface area contributed by atoms with Gasteiger partial charge in [-0.3, -0.25) is 9.69 Å². The Morgan fingerprint density at radius 2 is 2.12 bits per heavy atom. The lowest BCUT2D eigenvalue weighted by Crippen LogP contribution is -2.48. The molecule has 94 valence electrons. The van der Waals surface area contributed by atoms with Crippen LogP contribution in [-0.4, -0.2) is 45.8 Å². The number of piperidine rings is 1. The zero-order valence-electron chi connectivity index (χ0n) is 10.4. The number of rotatable bonds is 4. The minimum atomic E-state index is -0.734. The average Bonchev–Trinajstić information content (AvgIpc) is 2.14. The molecule has 0 amide bonds. The number of hydrogen-bond donors (Lipinski definition) is 2. The van der Waals surface area contributed by atoms with Crippen LogP contribution < -0.4 is 0 Å². The van der Waals surface area contributed by atoms with Gasteiger partial charge >= 0.3 is 5.97 Å². The average molecular weight is 229 g/mol. The van der Waals surface area contributed by atoms with Crippen LogP contribution in [0.25, 0.3) is 0 Å². The van der Waals surface area contributed by atoms with E-state index in [-0.39, 0.29) is 6.04 Å². The summed E-state index contributed by atoms with van der Waals surface area (Å²) in [6, 6.07) is -0.369. The first-order valence-electron chi connectivity index (χ1n) is 5.99. The highest BCUT2D eigenvalue weighted by Gasteiger charge is 2.32. The third kappa shape index (κ3) is 4.10. The molecule has 1 heterocycles. The maximum absolute atomic E-state index is 11.1. The molecule has 1 aliphatic rings. The maximum Gasteiger partial charge on any atom is 0.320 e. The second-order valence-electron chi connectivity index (χ2n) is 5.58. The number of hydrogen-bond acceptors (Lipinski definition) is 3. The molecule has 1 rings (SSSR count). The van der Waals surface area contributed by atoms with Crippen LogP contribution in [0.5, 0.6) is 0 Å². The Bertz CT molecular complexity index is 247. The van der Waals surface area contributed by atoms with E-state index < -0.39 is 11.6 Å². The van der Waals surface area contributed by atoms with E-state index in [0.29, 0.717) is 18.9 Å². The van der Waals surface area contributed by atoms with Crippen LogP contribution in [0.2, 0.25) is 0 Å². The standard InChI is InChI=1S/C12H23NO3/c1-9-4-6-13(7-5-12(2,3)16)10(8-9)11(14)15/h9-10,16H,4-8H2,1-3H3,(H,14,15). The summed E-state index contributed by atoms with van der Waals surface area (Å²) in [4.78, 5) is 13.1. The first-order chi connectivity index (χ1) is 7.29.